The van der Waals surface area contributed by atoms with Gasteiger partial charge in [0.15, 0.2) is 5.13 Å². The van der Waals surface area contributed by atoms with Gasteiger partial charge in [0.2, 0.25) is 5.91 Å². The van der Waals surface area contributed by atoms with E-state index >= 15 is 0 Å². The molecule has 0 unspecified atom stereocenters. The maximum Gasteiger partial charge on any atom is 0.254 e. The van der Waals surface area contributed by atoms with Gasteiger partial charge in [0.1, 0.15) is 0 Å². The molecule has 2 rings (SSSR count). The molecule has 0 fully saturated rings. The van der Waals surface area contributed by atoms with E-state index < -0.39 is 0 Å². The Labute approximate surface area is 127 Å². The Morgan fingerprint density at radius 3 is 2.86 bits per heavy atom. The highest BCUT2D eigenvalue weighted by molar-refractivity contribution is 7.22. The smallest absolute Gasteiger partial charge is 0.254 e. The number of thiazole rings is 1. The predicted molar refractivity (Wildman–Crippen MR) is 84.3 cm³/mol. The van der Waals surface area contributed by atoms with E-state index in [-0.39, 0.29) is 18.4 Å². The van der Waals surface area contributed by atoms with Gasteiger partial charge in [0.05, 0.1) is 16.8 Å². The van der Waals surface area contributed by atoms with Crippen LogP contribution in [0.2, 0.25) is 0 Å². The average molecular weight is 306 g/mol. The van der Waals surface area contributed by atoms with Crippen molar-refractivity contribution in [3.05, 3.63) is 23.8 Å². The molecule has 112 valence electrons. The maximum atomic E-state index is 12.5. The quantitative estimate of drug-likeness (QED) is 0.875. The second kappa shape index (κ2) is 6.53. The molecule has 0 aliphatic rings. The lowest BCUT2D eigenvalue weighted by molar-refractivity contribution is -0.121. The van der Waals surface area contributed by atoms with Crippen molar-refractivity contribution in [3.63, 3.8) is 0 Å². The number of nitrogens with zero attached hydrogens (tertiary/aromatic N) is 2. The average Bonchev–Trinajstić information content (AvgIpc) is 2.84. The number of hydrogen-bond donors (Lipinski definition) is 2. The molecule has 2 amide bonds. The standard InChI is InChI=1S/C14H18N4O2S/c1-3-6-18(8-12(19)16-2)13(20)9-4-5-10-11(7-9)21-14(15)17-10/h4-5,7H,3,6,8H2,1-2H3,(H2,15,17)(H,16,19). The van der Waals surface area contributed by atoms with E-state index in [1.54, 1.807) is 30.1 Å². The number of amides is 2. The number of nitrogen functional groups attached to an aromatic ring is 1. The molecule has 1 aromatic heterocycles. The Kier molecular flexibility index (Phi) is 4.74. The Hall–Kier alpha value is -2.15. The van der Waals surface area contributed by atoms with Crippen LogP contribution < -0.4 is 11.1 Å². The molecule has 3 N–H and O–H groups in total. The molecule has 0 saturated carbocycles. The lowest BCUT2D eigenvalue weighted by Gasteiger charge is -2.21. The Morgan fingerprint density at radius 2 is 2.19 bits per heavy atom. The third kappa shape index (κ3) is 3.49. The van der Waals surface area contributed by atoms with Crippen molar-refractivity contribution in [1.82, 2.24) is 15.2 Å². The zero-order chi connectivity index (χ0) is 15.4. The molecule has 21 heavy (non-hydrogen) atoms. The van der Waals surface area contributed by atoms with Crippen molar-refractivity contribution >= 4 is 38.5 Å². The number of hydrogen-bond acceptors (Lipinski definition) is 5. The Bertz CT molecular complexity index is 668. The molecule has 2 aromatic rings. The van der Waals surface area contributed by atoms with Gasteiger partial charge >= 0.3 is 0 Å². The topological polar surface area (TPSA) is 88.3 Å². The van der Waals surface area contributed by atoms with E-state index in [1.165, 1.54) is 11.3 Å². The van der Waals surface area contributed by atoms with E-state index in [1.807, 2.05) is 6.92 Å². The van der Waals surface area contributed by atoms with Gasteiger partial charge < -0.3 is 16.0 Å². The third-order valence-electron chi connectivity index (χ3n) is 3.05. The van der Waals surface area contributed by atoms with Crippen LogP contribution in [0.4, 0.5) is 5.13 Å². The molecule has 0 atom stereocenters. The number of likely N-dealkylation sites (N-methyl/N-ethyl adjacent to an activating group) is 1. The Morgan fingerprint density at radius 1 is 1.43 bits per heavy atom. The summed E-state index contributed by atoms with van der Waals surface area (Å²) in [5.74, 6) is -0.339. The number of fused-ring (bicyclic) bond motifs is 1. The SMILES string of the molecule is CCCN(CC(=O)NC)C(=O)c1ccc2nc(N)sc2c1. The zero-order valence-corrected chi connectivity index (χ0v) is 12.9. The monoisotopic (exact) mass is 306 g/mol. The summed E-state index contributed by atoms with van der Waals surface area (Å²) in [6, 6.07) is 5.27. The minimum atomic E-state index is -0.181. The van der Waals surface area contributed by atoms with E-state index in [2.05, 4.69) is 10.3 Å². The molecular weight excluding hydrogens is 288 g/mol. The summed E-state index contributed by atoms with van der Waals surface area (Å²) >= 11 is 1.34. The van der Waals surface area contributed by atoms with Crippen LogP contribution >= 0.6 is 11.3 Å². The number of nitrogens with one attached hydrogen (secondary N) is 1. The van der Waals surface area contributed by atoms with Crippen molar-refractivity contribution in [3.8, 4) is 0 Å². The van der Waals surface area contributed by atoms with Gasteiger partial charge in [-0.3, -0.25) is 9.59 Å². The predicted octanol–water partition coefficient (Wildman–Crippen LogP) is 1.48. The molecule has 0 aliphatic carbocycles. The van der Waals surface area contributed by atoms with Crippen LogP contribution in [0.1, 0.15) is 23.7 Å². The minimum Gasteiger partial charge on any atom is -0.375 e. The van der Waals surface area contributed by atoms with Crippen molar-refractivity contribution in [2.45, 2.75) is 13.3 Å². The fraction of sp³-hybridized carbons (Fsp3) is 0.357. The first-order valence-electron chi connectivity index (χ1n) is 6.71. The maximum absolute atomic E-state index is 12.5. The van der Waals surface area contributed by atoms with Crippen molar-refractivity contribution in [2.24, 2.45) is 0 Å². The molecule has 6 nitrogen and oxygen atoms in total. The first kappa shape index (κ1) is 15.2. The molecule has 1 heterocycles. The number of anilines is 1. The number of nitrogens with two attached hydrogens (primary N) is 1. The van der Waals surface area contributed by atoms with Crippen LogP contribution in [-0.2, 0) is 4.79 Å². The number of benzene rings is 1. The molecular formula is C14H18N4O2S. The summed E-state index contributed by atoms with van der Waals surface area (Å²) in [7, 11) is 1.56. The lowest BCUT2D eigenvalue weighted by atomic mass is 10.2. The van der Waals surface area contributed by atoms with Gasteiger partial charge in [-0.1, -0.05) is 18.3 Å². The van der Waals surface area contributed by atoms with E-state index in [0.717, 1.165) is 16.6 Å². The van der Waals surface area contributed by atoms with Crippen molar-refractivity contribution in [1.29, 1.82) is 0 Å². The van der Waals surface area contributed by atoms with Gasteiger partial charge in [-0.05, 0) is 24.6 Å². The van der Waals surface area contributed by atoms with E-state index in [0.29, 0.717) is 17.2 Å². The number of carbonyl (C=O) groups is 2. The molecule has 0 radical (unpaired) electrons. The highest BCUT2D eigenvalue weighted by Gasteiger charge is 2.18. The summed E-state index contributed by atoms with van der Waals surface area (Å²) in [5, 5.41) is 3.01. The summed E-state index contributed by atoms with van der Waals surface area (Å²) < 4.78 is 0.870. The van der Waals surface area contributed by atoms with Gasteiger partial charge in [0, 0.05) is 19.2 Å². The molecule has 1 aromatic carbocycles. The molecule has 0 aliphatic heterocycles. The van der Waals surface area contributed by atoms with Gasteiger partial charge in [-0.15, -0.1) is 0 Å². The first-order valence-corrected chi connectivity index (χ1v) is 7.52. The summed E-state index contributed by atoms with van der Waals surface area (Å²) in [6.07, 6.45) is 0.790. The minimum absolute atomic E-state index is 0.0615. The van der Waals surface area contributed by atoms with Crippen LogP contribution in [0.3, 0.4) is 0 Å². The van der Waals surface area contributed by atoms with Crippen LogP contribution in [0, 0.1) is 0 Å². The molecule has 0 bridgehead atoms. The van der Waals surface area contributed by atoms with Crippen LogP contribution in [0.15, 0.2) is 18.2 Å². The summed E-state index contributed by atoms with van der Waals surface area (Å²) in [4.78, 5) is 29.8. The van der Waals surface area contributed by atoms with Crippen molar-refractivity contribution < 1.29 is 9.59 Å². The highest BCUT2D eigenvalue weighted by atomic mass is 32.1. The fourth-order valence-electron chi connectivity index (χ4n) is 2.03. The summed E-state index contributed by atoms with van der Waals surface area (Å²) in [5.41, 5.74) is 6.99. The molecule has 0 spiro atoms. The van der Waals surface area contributed by atoms with E-state index in [4.69, 9.17) is 5.73 Å². The highest BCUT2D eigenvalue weighted by Crippen LogP contribution is 2.25. The second-order valence-corrected chi connectivity index (χ2v) is 5.70. The van der Waals surface area contributed by atoms with Gasteiger partial charge in [-0.2, -0.15) is 0 Å². The third-order valence-corrected chi connectivity index (χ3v) is 3.89. The van der Waals surface area contributed by atoms with Gasteiger partial charge in [0.25, 0.3) is 5.91 Å². The number of rotatable bonds is 5. The van der Waals surface area contributed by atoms with Crippen LogP contribution in [-0.4, -0.2) is 41.8 Å². The normalized spacial score (nSPS) is 10.6. The molecule has 0 saturated heterocycles. The van der Waals surface area contributed by atoms with Crippen molar-refractivity contribution in [2.75, 3.05) is 25.9 Å². The molecule has 7 heteroatoms. The van der Waals surface area contributed by atoms with E-state index in [9.17, 15) is 9.59 Å². The zero-order valence-electron chi connectivity index (χ0n) is 12.0. The Balaban J connectivity index is 2.26. The summed E-state index contributed by atoms with van der Waals surface area (Å²) in [6.45, 7) is 2.57. The largest absolute Gasteiger partial charge is 0.375 e. The first-order chi connectivity index (χ1) is 10.0. The lowest BCUT2D eigenvalue weighted by Crippen LogP contribution is -2.40. The van der Waals surface area contributed by atoms with Crippen LogP contribution in [0.25, 0.3) is 10.2 Å². The van der Waals surface area contributed by atoms with Gasteiger partial charge in [-0.25, -0.2) is 4.98 Å². The van der Waals surface area contributed by atoms with Crippen LogP contribution in [0.5, 0.6) is 0 Å². The number of aromatic nitrogens is 1. The second-order valence-electron chi connectivity index (χ2n) is 4.63. The number of carbonyl (C=O) groups excluding carboxylic acids is 2. The fourth-order valence-corrected chi connectivity index (χ4v) is 2.81.